The molecule has 4 aromatic rings. The van der Waals surface area contributed by atoms with E-state index >= 15 is 0 Å². The van der Waals surface area contributed by atoms with Crippen molar-refractivity contribution in [3.05, 3.63) is 77.9 Å². The predicted molar refractivity (Wildman–Crippen MR) is 134 cm³/mol. The lowest BCUT2D eigenvalue weighted by Crippen LogP contribution is -2.12. The van der Waals surface area contributed by atoms with Gasteiger partial charge in [-0.3, -0.25) is 9.20 Å². The van der Waals surface area contributed by atoms with Gasteiger partial charge in [0, 0.05) is 36.7 Å². The number of fused-ring (bicyclic) bond motifs is 1. The SMILES string of the molecule is CCCC(=O)Cc1cccc(COc2cccc(-c3nc(C4CCC4)n4ccnc(N)c34)c2)c1. The Morgan fingerprint density at radius 2 is 1.97 bits per heavy atom. The number of anilines is 1. The fraction of sp³-hybridized carbons (Fsp3) is 0.321. The van der Waals surface area contributed by atoms with Gasteiger partial charge >= 0.3 is 0 Å². The largest absolute Gasteiger partial charge is 0.489 e. The molecule has 2 aromatic heterocycles. The summed E-state index contributed by atoms with van der Waals surface area (Å²) in [5, 5.41) is 0. The van der Waals surface area contributed by atoms with E-state index < -0.39 is 0 Å². The molecule has 0 atom stereocenters. The number of carbonyl (C=O) groups excluding carboxylic acids is 1. The van der Waals surface area contributed by atoms with Crippen molar-refractivity contribution in [1.82, 2.24) is 14.4 Å². The maximum Gasteiger partial charge on any atom is 0.150 e. The van der Waals surface area contributed by atoms with Crippen LogP contribution in [0.1, 0.15) is 61.9 Å². The number of hydrogen-bond donors (Lipinski definition) is 1. The minimum absolute atomic E-state index is 0.274. The van der Waals surface area contributed by atoms with Crippen LogP contribution in [-0.4, -0.2) is 20.2 Å². The summed E-state index contributed by atoms with van der Waals surface area (Å²) in [5.41, 5.74) is 11.0. The second-order valence-corrected chi connectivity index (χ2v) is 9.08. The molecule has 6 nitrogen and oxygen atoms in total. The first-order valence-electron chi connectivity index (χ1n) is 12.1. The fourth-order valence-corrected chi connectivity index (χ4v) is 4.57. The fourth-order valence-electron chi connectivity index (χ4n) is 4.57. The van der Waals surface area contributed by atoms with Crippen molar-refractivity contribution >= 4 is 17.1 Å². The van der Waals surface area contributed by atoms with Crippen LogP contribution < -0.4 is 10.5 Å². The summed E-state index contributed by atoms with van der Waals surface area (Å²) in [6, 6.07) is 16.0. The Balaban J connectivity index is 1.37. The average Bonchev–Trinajstić information content (AvgIpc) is 3.18. The third kappa shape index (κ3) is 4.53. The Kier molecular flexibility index (Phi) is 6.30. The summed E-state index contributed by atoms with van der Waals surface area (Å²) < 4.78 is 8.22. The molecule has 0 saturated heterocycles. The first kappa shape index (κ1) is 22.1. The molecule has 0 spiro atoms. The molecule has 34 heavy (non-hydrogen) atoms. The summed E-state index contributed by atoms with van der Waals surface area (Å²) >= 11 is 0. The third-order valence-corrected chi connectivity index (χ3v) is 6.52. The minimum Gasteiger partial charge on any atom is -0.489 e. The van der Waals surface area contributed by atoms with Crippen molar-refractivity contribution in [3.63, 3.8) is 0 Å². The van der Waals surface area contributed by atoms with Crippen molar-refractivity contribution < 1.29 is 9.53 Å². The molecule has 0 bridgehead atoms. The second-order valence-electron chi connectivity index (χ2n) is 9.08. The molecule has 1 saturated carbocycles. The highest BCUT2D eigenvalue weighted by Crippen LogP contribution is 2.39. The summed E-state index contributed by atoms with van der Waals surface area (Å²) in [5.74, 6) is 3.05. The van der Waals surface area contributed by atoms with Crippen LogP contribution in [0.15, 0.2) is 60.9 Å². The molecule has 0 unspecified atom stereocenters. The summed E-state index contributed by atoms with van der Waals surface area (Å²) in [4.78, 5) is 21.3. The van der Waals surface area contributed by atoms with Crippen molar-refractivity contribution in [2.75, 3.05) is 5.73 Å². The van der Waals surface area contributed by atoms with Gasteiger partial charge in [0.05, 0.1) is 0 Å². The van der Waals surface area contributed by atoms with Crippen LogP contribution in [0, 0.1) is 0 Å². The van der Waals surface area contributed by atoms with Crippen LogP contribution in [-0.2, 0) is 17.8 Å². The van der Waals surface area contributed by atoms with Crippen LogP contribution in [0.5, 0.6) is 5.75 Å². The first-order chi connectivity index (χ1) is 16.6. The highest BCUT2D eigenvalue weighted by Gasteiger charge is 2.26. The van der Waals surface area contributed by atoms with Crippen molar-refractivity contribution in [2.45, 2.75) is 58.0 Å². The second kappa shape index (κ2) is 9.67. The van der Waals surface area contributed by atoms with Crippen molar-refractivity contribution in [3.8, 4) is 17.0 Å². The van der Waals surface area contributed by atoms with Gasteiger partial charge < -0.3 is 10.5 Å². The lowest BCUT2D eigenvalue weighted by Gasteiger charge is -2.23. The van der Waals surface area contributed by atoms with Gasteiger partial charge in [0.1, 0.15) is 41.0 Å². The van der Waals surface area contributed by atoms with Gasteiger partial charge in [0.15, 0.2) is 0 Å². The van der Waals surface area contributed by atoms with E-state index in [1.165, 1.54) is 6.42 Å². The molecule has 5 rings (SSSR count). The normalized spacial score (nSPS) is 13.7. The number of rotatable bonds is 9. The molecular formula is C28H30N4O2. The van der Waals surface area contributed by atoms with E-state index in [0.29, 0.717) is 31.2 Å². The van der Waals surface area contributed by atoms with Gasteiger partial charge in [0.25, 0.3) is 0 Å². The number of hydrogen-bond acceptors (Lipinski definition) is 5. The van der Waals surface area contributed by atoms with Gasteiger partial charge in [-0.2, -0.15) is 0 Å². The monoisotopic (exact) mass is 454 g/mol. The van der Waals surface area contributed by atoms with Crippen LogP contribution >= 0.6 is 0 Å². The summed E-state index contributed by atoms with van der Waals surface area (Å²) in [7, 11) is 0. The van der Waals surface area contributed by atoms with Crippen LogP contribution in [0.2, 0.25) is 0 Å². The smallest absolute Gasteiger partial charge is 0.150 e. The summed E-state index contributed by atoms with van der Waals surface area (Å²) in [6.45, 7) is 2.46. The third-order valence-electron chi connectivity index (χ3n) is 6.52. The Bertz CT molecular complexity index is 1320. The van der Waals surface area contributed by atoms with Gasteiger partial charge in [0.2, 0.25) is 0 Å². The van der Waals surface area contributed by atoms with Crippen molar-refractivity contribution in [2.24, 2.45) is 0 Å². The minimum atomic E-state index is 0.274. The first-order valence-corrected chi connectivity index (χ1v) is 12.1. The quantitative estimate of drug-likeness (QED) is 0.349. The van der Waals surface area contributed by atoms with Gasteiger partial charge in [-0.15, -0.1) is 0 Å². The average molecular weight is 455 g/mol. The number of imidazole rings is 1. The topological polar surface area (TPSA) is 82.5 Å². The van der Waals surface area contributed by atoms with Gasteiger partial charge in [-0.1, -0.05) is 49.7 Å². The number of nitrogens with two attached hydrogens (primary N) is 1. The van der Waals surface area contributed by atoms with E-state index in [4.69, 9.17) is 15.5 Å². The van der Waals surface area contributed by atoms with E-state index in [1.54, 1.807) is 6.20 Å². The molecule has 6 heteroatoms. The molecule has 1 aliphatic rings. The van der Waals surface area contributed by atoms with Gasteiger partial charge in [-0.05, 0) is 42.5 Å². The van der Waals surface area contributed by atoms with Crippen LogP contribution in [0.4, 0.5) is 5.82 Å². The number of ether oxygens (including phenoxy) is 1. The molecule has 0 amide bonds. The Morgan fingerprint density at radius 1 is 1.15 bits per heavy atom. The maximum atomic E-state index is 12.0. The number of ketones is 1. The van der Waals surface area contributed by atoms with Crippen LogP contribution in [0.3, 0.4) is 0 Å². The number of carbonyl (C=O) groups is 1. The molecule has 174 valence electrons. The molecule has 1 aliphatic carbocycles. The number of benzene rings is 2. The van der Waals surface area contributed by atoms with E-state index in [2.05, 4.69) is 15.5 Å². The molecule has 2 aromatic carbocycles. The molecule has 1 fully saturated rings. The lowest BCUT2D eigenvalue weighted by molar-refractivity contribution is -0.118. The Hall–Kier alpha value is -3.67. The number of aromatic nitrogens is 3. The number of Topliss-reactive ketones (excluding diaryl/α,β-unsaturated/α-hetero) is 1. The van der Waals surface area contributed by atoms with Crippen LogP contribution in [0.25, 0.3) is 16.8 Å². The Morgan fingerprint density at radius 3 is 2.76 bits per heavy atom. The zero-order valence-electron chi connectivity index (χ0n) is 19.5. The molecule has 2 N–H and O–H groups in total. The summed E-state index contributed by atoms with van der Waals surface area (Å²) in [6.07, 6.45) is 9.23. The zero-order chi connectivity index (χ0) is 23.5. The maximum absolute atomic E-state index is 12.0. The molecule has 0 radical (unpaired) electrons. The van der Waals surface area contributed by atoms with E-state index in [9.17, 15) is 4.79 Å². The van der Waals surface area contributed by atoms with Gasteiger partial charge in [-0.25, -0.2) is 9.97 Å². The predicted octanol–water partition coefficient (Wildman–Crippen LogP) is 5.74. The standard InChI is InChI=1S/C28H30N4O2/c1-2-6-23(33)16-19-7-3-8-20(15-19)18-34-24-12-5-11-22(17-24)25-26-27(29)30-13-14-32(26)28(31-25)21-9-4-10-21/h3,5,7-8,11-15,17,21H,2,4,6,9-10,16,18H2,1H3,(H2,29,30). The molecule has 2 heterocycles. The molecule has 0 aliphatic heterocycles. The van der Waals surface area contributed by atoms with E-state index in [0.717, 1.165) is 58.7 Å². The highest BCUT2D eigenvalue weighted by atomic mass is 16.5. The number of nitrogen functional groups attached to an aromatic ring is 1. The highest BCUT2D eigenvalue weighted by molar-refractivity contribution is 5.85. The van der Waals surface area contributed by atoms with E-state index in [1.807, 2.05) is 55.6 Å². The lowest BCUT2D eigenvalue weighted by atomic mass is 9.85. The van der Waals surface area contributed by atoms with E-state index in [-0.39, 0.29) is 5.78 Å². The van der Waals surface area contributed by atoms with Crippen molar-refractivity contribution in [1.29, 1.82) is 0 Å². The number of nitrogens with zero attached hydrogens (tertiary/aromatic N) is 3. The Labute approximate surface area is 199 Å². The molecular weight excluding hydrogens is 424 g/mol. The zero-order valence-corrected chi connectivity index (χ0v) is 19.5.